The number of nitrogens with zero attached hydrogens (tertiary/aromatic N) is 3. The van der Waals surface area contributed by atoms with Gasteiger partial charge in [-0.25, -0.2) is 0 Å². The molecule has 0 aliphatic carbocycles. The smallest absolute Gasteiger partial charge is 0.274 e. The number of amides is 1. The van der Waals surface area contributed by atoms with Crippen LogP contribution in [0.1, 0.15) is 30.3 Å². The third-order valence-electron chi connectivity index (χ3n) is 4.48. The molecule has 1 aliphatic heterocycles. The van der Waals surface area contributed by atoms with E-state index in [0.29, 0.717) is 21.7 Å². The van der Waals surface area contributed by atoms with Crippen molar-refractivity contribution in [2.45, 2.75) is 35.7 Å². The molecule has 1 aromatic heterocycles. The Labute approximate surface area is 169 Å². The minimum absolute atomic E-state index is 0. The van der Waals surface area contributed by atoms with Crippen LogP contribution < -0.4 is 5.73 Å². The molecule has 8 heteroatoms. The molecule has 0 saturated carbocycles. The van der Waals surface area contributed by atoms with Crippen LogP contribution in [0.2, 0.25) is 5.02 Å². The fourth-order valence-corrected chi connectivity index (χ4v) is 3.93. The Kier molecular flexibility index (Phi) is 7.70. The lowest BCUT2D eigenvalue weighted by molar-refractivity contribution is 0.0673. The minimum Gasteiger partial charge on any atom is -0.337 e. The molecule has 1 aromatic carbocycles. The first-order chi connectivity index (χ1) is 12.0. The molecule has 0 spiro atoms. The summed E-state index contributed by atoms with van der Waals surface area (Å²) in [4.78, 5) is 15.3. The van der Waals surface area contributed by atoms with Crippen molar-refractivity contribution in [2.75, 3.05) is 13.1 Å². The van der Waals surface area contributed by atoms with Gasteiger partial charge >= 0.3 is 0 Å². The molecule has 2 heterocycles. The number of hydrogen-bond donors (Lipinski definition) is 1. The van der Waals surface area contributed by atoms with Crippen molar-refractivity contribution in [3.05, 3.63) is 47.1 Å². The van der Waals surface area contributed by atoms with E-state index in [1.807, 2.05) is 42.2 Å². The minimum atomic E-state index is -0.0649. The average Bonchev–Trinajstić information content (AvgIpc) is 2.64. The summed E-state index contributed by atoms with van der Waals surface area (Å²) in [6.45, 7) is 3.48. The maximum absolute atomic E-state index is 12.6. The van der Waals surface area contributed by atoms with Crippen molar-refractivity contribution in [1.82, 2.24) is 15.1 Å². The van der Waals surface area contributed by atoms with Gasteiger partial charge in [-0.05, 0) is 49.9 Å². The normalized spacial score (nSPS) is 16.0. The van der Waals surface area contributed by atoms with Gasteiger partial charge in [0, 0.05) is 24.0 Å². The van der Waals surface area contributed by atoms with E-state index in [0.717, 1.165) is 30.8 Å². The first-order valence-electron chi connectivity index (χ1n) is 8.35. The Morgan fingerprint density at radius 1 is 1.23 bits per heavy atom. The molecule has 2 N–H and O–H groups in total. The second-order valence-electron chi connectivity index (χ2n) is 6.28. The van der Waals surface area contributed by atoms with Crippen molar-refractivity contribution < 1.29 is 4.79 Å². The maximum Gasteiger partial charge on any atom is 0.274 e. The molecule has 1 saturated heterocycles. The van der Waals surface area contributed by atoms with E-state index in [1.54, 1.807) is 6.07 Å². The molecule has 5 nitrogen and oxygen atoms in total. The molecule has 1 fully saturated rings. The first-order valence-corrected chi connectivity index (χ1v) is 9.55. The average molecular weight is 413 g/mol. The van der Waals surface area contributed by atoms with Gasteiger partial charge in [-0.3, -0.25) is 4.79 Å². The second kappa shape index (κ2) is 9.55. The van der Waals surface area contributed by atoms with E-state index in [4.69, 9.17) is 17.3 Å². The number of rotatable bonds is 4. The van der Waals surface area contributed by atoms with Gasteiger partial charge in [0.15, 0.2) is 5.69 Å². The summed E-state index contributed by atoms with van der Waals surface area (Å²) >= 11 is 7.58. The highest BCUT2D eigenvalue weighted by Gasteiger charge is 2.26. The van der Waals surface area contributed by atoms with Gasteiger partial charge in [-0.15, -0.1) is 22.6 Å². The summed E-state index contributed by atoms with van der Waals surface area (Å²) in [6.07, 6.45) is 1.88. The third kappa shape index (κ3) is 5.10. The molecule has 3 rings (SSSR count). The first kappa shape index (κ1) is 21.0. The number of hydrogen-bond acceptors (Lipinski definition) is 5. The van der Waals surface area contributed by atoms with E-state index in [-0.39, 0.29) is 24.4 Å². The zero-order valence-electron chi connectivity index (χ0n) is 14.5. The number of piperidine rings is 1. The van der Waals surface area contributed by atoms with Gasteiger partial charge in [-0.2, -0.15) is 0 Å². The van der Waals surface area contributed by atoms with Gasteiger partial charge in [0.1, 0.15) is 5.03 Å². The summed E-state index contributed by atoms with van der Waals surface area (Å²) in [6, 6.07) is 11.3. The topological polar surface area (TPSA) is 72.1 Å². The van der Waals surface area contributed by atoms with Crippen LogP contribution in [0.5, 0.6) is 0 Å². The molecule has 1 unspecified atom stereocenters. The standard InChI is InChI=1S/C18H21ClN4OS.ClH/c1-12(20)13-8-10-23(11-9-13)18(24)15-6-7-17(22-21-15)25-16-5-3-2-4-14(16)19;/h2-7,12-13H,8-11,20H2,1H3;1H. The number of aromatic nitrogens is 2. The molecule has 2 aromatic rings. The molecule has 1 amide bonds. The molecular formula is C18H22Cl2N4OS. The van der Waals surface area contributed by atoms with E-state index < -0.39 is 0 Å². The number of carbonyl (C=O) groups excluding carboxylic acids is 1. The summed E-state index contributed by atoms with van der Waals surface area (Å²) in [5.41, 5.74) is 6.33. The zero-order valence-corrected chi connectivity index (χ0v) is 16.9. The van der Waals surface area contributed by atoms with Gasteiger partial charge < -0.3 is 10.6 Å². The molecule has 26 heavy (non-hydrogen) atoms. The van der Waals surface area contributed by atoms with Crippen molar-refractivity contribution in [3.63, 3.8) is 0 Å². The van der Waals surface area contributed by atoms with Gasteiger partial charge in [-0.1, -0.05) is 35.5 Å². The Hall–Kier alpha value is -1.34. The lowest BCUT2D eigenvalue weighted by Crippen LogP contribution is -2.42. The van der Waals surface area contributed by atoms with Crippen LogP contribution in [-0.4, -0.2) is 40.1 Å². The fourth-order valence-electron chi connectivity index (χ4n) is 2.92. The third-order valence-corrected chi connectivity index (χ3v) is 5.93. The van der Waals surface area contributed by atoms with Crippen LogP contribution in [0, 0.1) is 5.92 Å². The number of likely N-dealkylation sites (tertiary alicyclic amines) is 1. The van der Waals surface area contributed by atoms with E-state index in [2.05, 4.69) is 10.2 Å². The molecule has 1 aliphatic rings. The molecule has 0 radical (unpaired) electrons. The van der Waals surface area contributed by atoms with Crippen LogP contribution in [-0.2, 0) is 0 Å². The van der Waals surface area contributed by atoms with Crippen molar-refractivity contribution in [2.24, 2.45) is 11.7 Å². The van der Waals surface area contributed by atoms with Crippen LogP contribution >= 0.6 is 35.8 Å². The Balaban J connectivity index is 0.00000243. The number of halogens is 2. The Morgan fingerprint density at radius 2 is 1.92 bits per heavy atom. The predicted molar refractivity (Wildman–Crippen MR) is 107 cm³/mol. The van der Waals surface area contributed by atoms with Gasteiger partial charge in [0.25, 0.3) is 5.91 Å². The number of benzene rings is 1. The highest BCUT2D eigenvalue weighted by Crippen LogP contribution is 2.31. The molecule has 1 atom stereocenters. The van der Waals surface area contributed by atoms with Gasteiger partial charge in [0.2, 0.25) is 0 Å². The van der Waals surface area contributed by atoms with Crippen molar-refractivity contribution in [1.29, 1.82) is 0 Å². The highest BCUT2D eigenvalue weighted by molar-refractivity contribution is 7.99. The van der Waals surface area contributed by atoms with Crippen LogP contribution in [0.4, 0.5) is 0 Å². The van der Waals surface area contributed by atoms with Crippen molar-refractivity contribution in [3.8, 4) is 0 Å². The van der Waals surface area contributed by atoms with Crippen LogP contribution in [0.15, 0.2) is 46.3 Å². The van der Waals surface area contributed by atoms with E-state index in [9.17, 15) is 4.79 Å². The zero-order chi connectivity index (χ0) is 17.8. The lowest BCUT2D eigenvalue weighted by atomic mass is 9.91. The Bertz CT molecular complexity index is 734. The molecule has 140 valence electrons. The lowest BCUT2D eigenvalue weighted by Gasteiger charge is -2.33. The largest absolute Gasteiger partial charge is 0.337 e. The summed E-state index contributed by atoms with van der Waals surface area (Å²) in [5, 5.41) is 9.65. The van der Waals surface area contributed by atoms with E-state index >= 15 is 0 Å². The second-order valence-corrected chi connectivity index (χ2v) is 7.75. The monoisotopic (exact) mass is 412 g/mol. The maximum atomic E-state index is 12.6. The van der Waals surface area contributed by atoms with Crippen molar-refractivity contribution >= 4 is 41.7 Å². The van der Waals surface area contributed by atoms with Gasteiger partial charge in [0.05, 0.1) is 5.02 Å². The summed E-state index contributed by atoms with van der Waals surface area (Å²) in [7, 11) is 0. The SMILES string of the molecule is CC(N)C1CCN(C(=O)c2ccc(Sc3ccccc3Cl)nn2)CC1.Cl. The van der Waals surface area contributed by atoms with E-state index in [1.165, 1.54) is 11.8 Å². The number of carbonyl (C=O) groups is 1. The predicted octanol–water partition coefficient (Wildman–Crippen LogP) is 3.90. The quantitative estimate of drug-likeness (QED) is 0.823. The van der Waals surface area contributed by atoms with Crippen LogP contribution in [0.25, 0.3) is 0 Å². The Morgan fingerprint density at radius 3 is 2.50 bits per heavy atom. The molecular weight excluding hydrogens is 391 g/mol. The molecule has 0 bridgehead atoms. The fraction of sp³-hybridized carbons (Fsp3) is 0.389. The highest BCUT2D eigenvalue weighted by atomic mass is 35.5. The summed E-state index contributed by atoms with van der Waals surface area (Å²) in [5.74, 6) is 0.425. The number of nitrogens with two attached hydrogens (primary N) is 1. The van der Waals surface area contributed by atoms with Crippen LogP contribution in [0.3, 0.4) is 0 Å². The summed E-state index contributed by atoms with van der Waals surface area (Å²) < 4.78 is 0.